The fraction of sp³-hybridized carbons (Fsp3) is 0.474. The molecule has 1 aliphatic rings. The first-order valence-electron chi connectivity index (χ1n) is 8.70. The number of ether oxygens (including phenoxy) is 1. The Balaban J connectivity index is 1.77. The van der Waals surface area contributed by atoms with Gasteiger partial charge < -0.3 is 9.64 Å². The zero-order chi connectivity index (χ0) is 19.0. The van der Waals surface area contributed by atoms with Crippen LogP contribution in [0, 0.1) is 0 Å². The molecule has 140 valence electrons. The third kappa shape index (κ3) is 3.71. The second kappa shape index (κ2) is 7.75. The Bertz CT molecular complexity index is 841. The highest BCUT2D eigenvalue weighted by molar-refractivity contribution is 7.21. The van der Waals surface area contributed by atoms with Gasteiger partial charge in [0.25, 0.3) is 5.91 Å². The van der Waals surface area contributed by atoms with E-state index in [1.807, 2.05) is 18.7 Å². The van der Waals surface area contributed by atoms with Crippen LogP contribution >= 0.6 is 34.5 Å². The molecular weight excluding hydrogens is 393 g/mol. The Morgan fingerprint density at radius 3 is 2.54 bits per heavy atom. The molecule has 3 rings (SSSR count). The number of carbonyl (C=O) groups is 2. The Kier molecular flexibility index (Phi) is 5.80. The molecule has 3 atom stereocenters. The highest BCUT2D eigenvalue weighted by Crippen LogP contribution is 2.37. The zero-order valence-corrected chi connectivity index (χ0v) is 17.2. The van der Waals surface area contributed by atoms with E-state index in [0.29, 0.717) is 14.9 Å². The molecule has 4 nitrogen and oxygen atoms in total. The van der Waals surface area contributed by atoms with Gasteiger partial charge in [0.15, 0.2) is 6.10 Å². The summed E-state index contributed by atoms with van der Waals surface area (Å²) < 4.78 is 6.26. The molecule has 1 saturated heterocycles. The van der Waals surface area contributed by atoms with E-state index in [9.17, 15) is 9.59 Å². The fourth-order valence-electron chi connectivity index (χ4n) is 3.50. The van der Waals surface area contributed by atoms with E-state index < -0.39 is 12.1 Å². The summed E-state index contributed by atoms with van der Waals surface area (Å²) >= 11 is 13.6. The predicted octanol–water partition coefficient (Wildman–Crippen LogP) is 5.54. The molecule has 1 aromatic heterocycles. The maximum atomic E-state index is 12.8. The molecule has 2 aromatic rings. The molecule has 1 aromatic carbocycles. The molecular formula is C19H21Cl2NO3S. The van der Waals surface area contributed by atoms with E-state index in [0.717, 1.165) is 29.3 Å². The number of thiophene rings is 1. The maximum absolute atomic E-state index is 12.8. The Morgan fingerprint density at radius 1 is 1.23 bits per heavy atom. The topological polar surface area (TPSA) is 46.6 Å². The van der Waals surface area contributed by atoms with Crippen molar-refractivity contribution in [2.45, 2.75) is 58.2 Å². The van der Waals surface area contributed by atoms with Crippen molar-refractivity contribution in [3.63, 3.8) is 0 Å². The number of amides is 1. The highest BCUT2D eigenvalue weighted by Gasteiger charge is 2.34. The van der Waals surface area contributed by atoms with Crippen molar-refractivity contribution in [3.8, 4) is 0 Å². The van der Waals surface area contributed by atoms with Gasteiger partial charge in [0.1, 0.15) is 4.88 Å². The molecule has 1 aliphatic heterocycles. The van der Waals surface area contributed by atoms with E-state index >= 15 is 0 Å². The molecule has 1 amide bonds. The monoisotopic (exact) mass is 413 g/mol. The molecule has 1 fully saturated rings. The van der Waals surface area contributed by atoms with Gasteiger partial charge in [-0.15, -0.1) is 11.3 Å². The van der Waals surface area contributed by atoms with E-state index in [1.165, 1.54) is 11.3 Å². The molecule has 0 N–H and O–H groups in total. The molecule has 0 spiro atoms. The van der Waals surface area contributed by atoms with Gasteiger partial charge in [-0.25, -0.2) is 4.79 Å². The maximum Gasteiger partial charge on any atom is 0.350 e. The van der Waals surface area contributed by atoms with Crippen LogP contribution in [0.3, 0.4) is 0 Å². The number of rotatable bonds is 3. The minimum Gasteiger partial charge on any atom is -0.448 e. The number of fused-ring (bicyclic) bond motifs is 1. The fourth-order valence-corrected chi connectivity index (χ4v) is 5.17. The molecule has 0 bridgehead atoms. The lowest BCUT2D eigenvalue weighted by Crippen LogP contribution is -2.51. The zero-order valence-electron chi connectivity index (χ0n) is 14.9. The highest BCUT2D eigenvalue weighted by atomic mass is 35.5. The van der Waals surface area contributed by atoms with E-state index in [-0.39, 0.29) is 18.0 Å². The predicted molar refractivity (Wildman–Crippen MR) is 106 cm³/mol. The summed E-state index contributed by atoms with van der Waals surface area (Å²) in [5.74, 6) is -0.733. The van der Waals surface area contributed by atoms with Crippen LogP contribution in [0.5, 0.6) is 0 Å². The second-order valence-corrected chi connectivity index (χ2v) is 8.67. The smallest absolute Gasteiger partial charge is 0.350 e. The molecule has 7 heteroatoms. The quantitative estimate of drug-likeness (QED) is 0.620. The van der Waals surface area contributed by atoms with E-state index in [4.69, 9.17) is 27.9 Å². The van der Waals surface area contributed by atoms with Crippen molar-refractivity contribution in [1.82, 2.24) is 4.90 Å². The third-order valence-electron chi connectivity index (χ3n) is 4.86. The van der Waals surface area contributed by atoms with Gasteiger partial charge in [0, 0.05) is 27.2 Å². The van der Waals surface area contributed by atoms with Gasteiger partial charge in [0.05, 0.1) is 5.02 Å². The molecule has 26 heavy (non-hydrogen) atoms. The Labute approximate surface area is 167 Å². The summed E-state index contributed by atoms with van der Waals surface area (Å²) in [6.45, 7) is 5.69. The minimum atomic E-state index is -0.852. The molecule has 0 unspecified atom stereocenters. The van der Waals surface area contributed by atoms with Gasteiger partial charge in [-0.3, -0.25) is 4.79 Å². The van der Waals surface area contributed by atoms with Crippen LogP contribution in [0.15, 0.2) is 18.2 Å². The van der Waals surface area contributed by atoms with Gasteiger partial charge in [-0.05, 0) is 52.2 Å². The van der Waals surface area contributed by atoms with Crippen LogP contribution in [0.25, 0.3) is 10.1 Å². The average Bonchev–Trinajstić information content (AvgIpc) is 2.90. The van der Waals surface area contributed by atoms with Crippen LogP contribution in [0.4, 0.5) is 0 Å². The van der Waals surface area contributed by atoms with Crippen molar-refractivity contribution in [2.75, 3.05) is 0 Å². The standard InChI is InChI=1S/C19H21Cl2NO3S/c1-10-5-4-6-11(2)22(10)18(23)12(3)25-19(24)17-16(21)14-8-7-13(20)9-15(14)26-17/h7-12H,4-6H2,1-3H3/t10-,11+,12-/m1/s1. The number of piperidine rings is 1. The van der Waals surface area contributed by atoms with E-state index in [1.54, 1.807) is 25.1 Å². The second-order valence-electron chi connectivity index (χ2n) is 6.81. The summed E-state index contributed by atoms with van der Waals surface area (Å²) in [5.41, 5.74) is 0. The Morgan fingerprint density at radius 2 is 1.88 bits per heavy atom. The van der Waals surface area contributed by atoms with Gasteiger partial charge >= 0.3 is 5.97 Å². The summed E-state index contributed by atoms with van der Waals surface area (Å²) in [5, 5.41) is 1.67. The summed E-state index contributed by atoms with van der Waals surface area (Å²) in [4.78, 5) is 27.5. The van der Waals surface area contributed by atoms with Crippen LogP contribution in [0.2, 0.25) is 10.0 Å². The number of likely N-dealkylation sites (tertiary alicyclic amines) is 1. The third-order valence-corrected chi connectivity index (χ3v) is 6.73. The minimum absolute atomic E-state index is 0.154. The number of benzene rings is 1. The first-order valence-corrected chi connectivity index (χ1v) is 10.3. The van der Waals surface area contributed by atoms with Gasteiger partial charge in [0.2, 0.25) is 0 Å². The normalized spacial score (nSPS) is 21.7. The first-order chi connectivity index (χ1) is 12.3. The lowest BCUT2D eigenvalue weighted by Gasteiger charge is -2.40. The van der Waals surface area contributed by atoms with Crippen molar-refractivity contribution in [2.24, 2.45) is 0 Å². The first kappa shape index (κ1) is 19.5. The van der Waals surface area contributed by atoms with Crippen molar-refractivity contribution in [1.29, 1.82) is 0 Å². The SMILES string of the molecule is C[C@@H]1CCC[C@H](C)N1C(=O)[C@@H](C)OC(=O)c1sc2cc(Cl)ccc2c1Cl. The molecule has 0 radical (unpaired) electrons. The molecule has 0 saturated carbocycles. The van der Waals surface area contributed by atoms with Crippen LogP contribution in [-0.2, 0) is 9.53 Å². The van der Waals surface area contributed by atoms with Gasteiger partial charge in [-0.2, -0.15) is 0 Å². The van der Waals surface area contributed by atoms with Crippen LogP contribution in [0.1, 0.15) is 49.7 Å². The van der Waals surface area contributed by atoms with Crippen molar-refractivity contribution in [3.05, 3.63) is 33.1 Å². The largest absolute Gasteiger partial charge is 0.448 e. The van der Waals surface area contributed by atoms with Crippen molar-refractivity contribution < 1.29 is 14.3 Å². The number of halogens is 2. The molecule has 2 heterocycles. The van der Waals surface area contributed by atoms with Gasteiger partial charge in [-0.1, -0.05) is 29.3 Å². The lowest BCUT2D eigenvalue weighted by atomic mass is 9.97. The number of hydrogen-bond acceptors (Lipinski definition) is 4. The summed E-state index contributed by atoms with van der Waals surface area (Å²) in [6.07, 6.45) is 2.20. The van der Waals surface area contributed by atoms with E-state index in [2.05, 4.69) is 0 Å². The van der Waals surface area contributed by atoms with Crippen LogP contribution < -0.4 is 0 Å². The number of hydrogen-bond donors (Lipinski definition) is 0. The summed E-state index contributed by atoms with van der Waals surface area (Å²) in [6, 6.07) is 5.57. The van der Waals surface area contributed by atoms with Crippen molar-refractivity contribution >= 4 is 56.5 Å². The van der Waals surface area contributed by atoms with Crippen LogP contribution in [-0.4, -0.2) is 35.0 Å². The number of nitrogens with zero attached hydrogens (tertiary/aromatic N) is 1. The number of esters is 1. The molecule has 0 aliphatic carbocycles. The number of carbonyl (C=O) groups excluding carboxylic acids is 2. The average molecular weight is 414 g/mol. The Hall–Kier alpha value is -1.30. The summed E-state index contributed by atoms with van der Waals surface area (Å²) in [7, 11) is 0. The lowest BCUT2D eigenvalue weighted by molar-refractivity contribution is -0.146.